The van der Waals surface area contributed by atoms with Gasteiger partial charge in [-0.2, -0.15) is 0 Å². The van der Waals surface area contributed by atoms with Crippen molar-refractivity contribution < 1.29 is 4.92 Å². The fourth-order valence-electron chi connectivity index (χ4n) is 2.23. The molecule has 0 heterocycles. The molecule has 110 valence electrons. The number of nitrogens with one attached hydrogen (secondary N) is 2. The molecule has 0 aliphatic heterocycles. The summed E-state index contributed by atoms with van der Waals surface area (Å²) in [5.74, 6) is 5.35. The Kier molecular flexibility index (Phi) is 4.73. The Morgan fingerprint density at radius 3 is 2.43 bits per heavy atom. The summed E-state index contributed by atoms with van der Waals surface area (Å²) in [5, 5.41) is 14.4. The third kappa shape index (κ3) is 3.29. The molecule has 6 nitrogen and oxygen atoms in total. The van der Waals surface area contributed by atoms with Gasteiger partial charge in [0.15, 0.2) is 0 Å². The normalized spacial score (nSPS) is 10.2. The van der Waals surface area contributed by atoms with Crippen molar-refractivity contribution in [2.24, 2.45) is 5.84 Å². The van der Waals surface area contributed by atoms with Crippen molar-refractivity contribution in [2.45, 2.75) is 19.8 Å². The van der Waals surface area contributed by atoms with Crippen LogP contribution in [0.5, 0.6) is 0 Å². The molecule has 2 rings (SSSR count). The van der Waals surface area contributed by atoms with E-state index in [1.54, 1.807) is 18.2 Å². The quantitative estimate of drug-likeness (QED) is 0.429. The number of nitro groups is 1. The maximum atomic E-state index is 11.3. The molecule has 0 amide bonds. The van der Waals surface area contributed by atoms with Crippen molar-refractivity contribution >= 4 is 22.7 Å². The van der Waals surface area contributed by atoms with Crippen LogP contribution in [0.2, 0.25) is 0 Å². The molecule has 6 heteroatoms. The van der Waals surface area contributed by atoms with Gasteiger partial charge in [0.2, 0.25) is 0 Å². The van der Waals surface area contributed by atoms with Crippen molar-refractivity contribution in [2.75, 3.05) is 10.7 Å². The molecule has 0 bridgehead atoms. The van der Waals surface area contributed by atoms with Crippen LogP contribution in [0, 0.1) is 10.1 Å². The lowest BCUT2D eigenvalue weighted by Crippen LogP contribution is -2.10. The van der Waals surface area contributed by atoms with Crippen LogP contribution in [-0.2, 0) is 6.42 Å². The van der Waals surface area contributed by atoms with E-state index in [1.807, 2.05) is 24.3 Å². The van der Waals surface area contributed by atoms with E-state index < -0.39 is 4.92 Å². The third-order valence-corrected chi connectivity index (χ3v) is 3.18. The van der Waals surface area contributed by atoms with E-state index in [9.17, 15) is 10.1 Å². The molecule has 0 aliphatic carbocycles. The van der Waals surface area contributed by atoms with Crippen molar-refractivity contribution in [3.63, 3.8) is 0 Å². The Labute approximate surface area is 123 Å². The molecule has 0 saturated heterocycles. The Hall–Kier alpha value is -2.60. The first-order valence-electron chi connectivity index (χ1n) is 6.76. The molecule has 0 radical (unpaired) electrons. The number of nitrogens with two attached hydrogens (primary N) is 1. The van der Waals surface area contributed by atoms with Gasteiger partial charge in [-0.25, -0.2) is 0 Å². The number of hydrazine groups is 1. The first kappa shape index (κ1) is 14.8. The highest BCUT2D eigenvalue weighted by atomic mass is 16.6. The van der Waals surface area contributed by atoms with Crippen LogP contribution in [-0.4, -0.2) is 4.92 Å². The van der Waals surface area contributed by atoms with E-state index in [2.05, 4.69) is 17.7 Å². The van der Waals surface area contributed by atoms with Gasteiger partial charge in [-0.15, -0.1) is 0 Å². The van der Waals surface area contributed by atoms with Crippen LogP contribution in [0.1, 0.15) is 18.9 Å². The highest BCUT2D eigenvalue weighted by Gasteiger charge is 2.19. The van der Waals surface area contributed by atoms with Crippen LogP contribution < -0.4 is 16.6 Å². The zero-order valence-electron chi connectivity index (χ0n) is 11.8. The van der Waals surface area contributed by atoms with Gasteiger partial charge in [-0.3, -0.25) is 16.0 Å². The number of para-hydroxylation sites is 2. The lowest BCUT2D eigenvalue weighted by molar-refractivity contribution is -0.383. The number of nitrogen functional groups attached to an aromatic ring is 1. The molecule has 0 saturated carbocycles. The molecule has 0 aromatic heterocycles. The molecular weight excluding hydrogens is 268 g/mol. The Bertz CT molecular complexity index is 643. The van der Waals surface area contributed by atoms with Crippen molar-refractivity contribution in [1.82, 2.24) is 0 Å². The molecule has 0 aliphatic rings. The van der Waals surface area contributed by atoms with Crippen LogP contribution in [0.3, 0.4) is 0 Å². The average molecular weight is 286 g/mol. The Morgan fingerprint density at radius 2 is 1.76 bits per heavy atom. The summed E-state index contributed by atoms with van der Waals surface area (Å²) in [6.45, 7) is 2.10. The number of nitro benzene ring substituents is 1. The summed E-state index contributed by atoms with van der Waals surface area (Å²) < 4.78 is 0. The number of hydrogen-bond acceptors (Lipinski definition) is 5. The minimum Gasteiger partial charge on any atom is -0.350 e. The molecule has 0 spiro atoms. The number of nitrogens with zero attached hydrogens (tertiary/aromatic N) is 1. The molecule has 0 atom stereocenters. The summed E-state index contributed by atoms with van der Waals surface area (Å²) in [4.78, 5) is 10.8. The maximum Gasteiger partial charge on any atom is 0.316 e. The van der Waals surface area contributed by atoms with Crippen LogP contribution in [0.25, 0.3) is 0 Å². The van der Waals surface area contributed by atoms with Gasteiger partial charge in [0, 0.05) is 5.69 Å². The molecule has 4 N–H and O–H groups in total. The number of hydrogen-bond donors (Lipinski definition) is 3. The second kappa shape index (κ2) is 6.71. The van der Waals surface area contributed by atoms with E-state index in [0.717, 1.165) is 24.1 Å². The second-order valence-corrected chi connectivity index (χ2v) is 4.64. The van der Waals surface area contributed by atoms with E-state index >= 15 is 0 Å². The summed E-state index contributed by atoms with van der Waals surface area (Å²) in [5.41, 5.74) is 4.99. The van der Waals surface area contributed by atoms with Gasteiger partial charge in [0.05, 0.1) is 4.92 Å². The predicted molar refractivity (Wildman–Crippen MR) is 84.6 cm³/mol. The first-order chi connectivity index (χ1) is 10.2. The smallest absolute Gasteiger partial charge is 0.316 e. The predicted octanol–water partition coefficient (Wildman–Crippen LogP) is 3.58. The van der Waals surface area contributed by atoms with Gasteiger partial charge in [0.25, 0.3) is 0 Å². The van der Waals surface area contributed by atoms with Gasteiger partial charge >= 0.3 is 5.69 Å². The SMILES string of the molecule is CCCc1ccccc1Nc1cccc(NN)c1[N+](=O)[O-]. The number of benzene rings is 2. The van der Waals surface area contributed by atoms with Crippen molar-refractivity contribution in [3.05, 3.63) is 58.1 Å². The highest BCUT2D eigenvalue weighted by Crippen LogP contribution is 2.35. The second-order valence-electron chi connectivity index (χ2n) is 4.64. The minimum absolute atomic E-state index is 0.0636. The third-order valence-electron chi connectivity index (χ3n) is 3.18. The lowest BCUT2D eigenvalue weighted by Gasteiger charge is -2.13. The Morgan fingerprint density at radius 1 is 1.10 bits per heavy atom. The molecule has 2 aromatic carbocycles. The van der Waals surface area contributed by atoms with E-state index in [1.165, 1.54) is 0 Å². The standard InChI is InChI=1S/C15H18N4O2/c1-2-6-11-7-3-4-8-12(11)17-13-9-5-10-14(18-16)15(13)19(20)21/h3-5,7-10,17-18H,2,6,16H2,1H3. The summed E-state index contributed by atoms with van der Waals surface area (Å²) in [7, 11) is 0. The molecule has 21 heavy (non-hydrogen) atoms. The fourth-order valence-corrected chi connectivity index (χ4v) is 2.23. The fraction of sp³-hybridized carbons (Fsp3) is 0.200. The van der Waals surface area contributed by atoms with E-state index in [-0.39, 0.29) is 11.4 Å². The summed E-state index contributed by atoms with van der Waals surface area (Å²) in [6.07, 6.45) is 1.91. The summed E-state index contributed by atoms with van der Waals surface area (Å²) >= 11 is 0. The van der Waals surface area contributed by atoms with Gasteiger partial charge in [-0.05, 0) is 30.2 Å². The molecular formula is C15H18N4O2. The summed E-state index contributed by atoms with van der Waals surface area (Å²) in [6, 6.07) is 12.7. The van der Waals surface area contributed by atoms with E-state index in [4.69, 9.17) is 5.84 Å². The van der Waals surface area contributed by atoms with E-state index in [0.29, 0.717) is 5.69 Å². The Balaban J connectivity index is 2.42. The average Bonchev–Trinajstić information content (AvgIpc) is 2.49. The lowest BCUT2D eigenvalue weighted by atomic mass is 10.1. The first-order valence-corrected chi connectivity index (χ1v) is 6.76. The molecule has 0 unspecified atom stereocenters. The topological polar surface area (TPSA) is 93.2 Å². The molecule has 0 fully saturated rings. The van der Waals surface area contributed by atoms with Crippen LogP contribution in [0.15, 0.2) is 42.5 Å². The largest absolute Gasteiger partial charge is 0.350 e. The number of rotatable bonds is 6. The van der Waals surface area contributed by atoms with Crippen LogP contribution >= 0.6 is 0 Å². The number of anilines is 3. The van der Waals surface area contributed by atoms with Crippen molar-refractivity contribution in [3.8, 4) is 0 Å². The van der Waals surface area contributed by atoms with Crippen molar-refractivity contribution in [1.29, 1.82) is 0 Å². The minimum atomic E-state index is -0.444. The molecule has 2 aromatic rings. The van der Waals surface area contributed by atoms with Gasteiger partial charge in [0.1, 0.15) is 11.4 Å². The zero-order valence-corrected chi connectivity index (χ0v) is 11.8. The van der Waals surface area contributed by atoms with Gasteiger partial charge in [-0.1, -0.05) is 37.6 Å². The monoisotopic (exact) mass is 286 g/mol. The highest BCUT2D eigenvalue weighted by molar-refractivity contribution is 5.80. The maximum absolute atomic E-state index is 11.3. The zero-order chi connectivity index (χ0) is 15.2. The number of aryl methyl sites for hydroxylation is 1. The van der Waals surface area contributed by atoms with Crippen LogP contribution in [0.4, 0.5) is 22.7 Å². The van der Waals surface area contributed by atoms with Gasteiger partial charge < -0.3 is 10.7 Å².